The summed E-state index contributed by atoms with van der Waals surface area (Å²) in [6.07, 6.45) is 3.01. The first-order valence-electron chi connectivity index (χ1n) is 7.68. The number of hydrogen-bond donors (Lipinski definition) is 1. The van der Waals surface area contributed by atoms with Gasteiger partial charge in [-0.3, -0.25) is 0 Å². The van der Waals surface area contributed by atoms with Crippen LogP contribution in [0.15, 0.2) is 23.1 Å². The third-order valence-electron chi connectivity index (χ3n) is 4.55. The van der Waals surface area contributed by atoms with E-state index in [9.17, 15) is 8.42 Å². The molecule has 0 saturated carbocycles. The molecule has 1 aliphatic heterocycles. The van der Waals surface area contributed by atoms with E-state index in [1.165, 1.54) is 0 Å². The maximum Gasteiger partial charge on any atom is 0.243 e. The molecule has 2 rings (SSSR count). The van der Waals surface area contributed by atoms with Gasteiger partial charge in [0.2, 0.25) is 10.0 Å². The monoisotopic (exact) mass is 310 g/mol. The Balaban J connectivity index is 2.21. The zero-order valence-electron chi connectivity index (χ0n) is 13.2. The lowest BCUT2D eigenvalue weighted by Crippen LogP contribution is -2.32. The van der Waals surface area contributed by atoms with E-state index < -0.39 is 10.0 Å². The Hall–Kier alpha value is -1.07. The smallest absolute Gasteiger partial charge is 0.243 e. The quantitative estimate of drug-likeness (QED) is 0.873. The summed E-state index contributed by atoms with van der Waals surface area (Å²) >= 11 is 0. The number of nitrogens with two attached hydrogens (primary N) is 1. The van der Waals surface area contributed by atoms with E-state index in [1.54, 1.807) is 22.5 Å². The first-order valence-corrected chi connectivity index (χ1v) is 9.12. The summed E-state index contributed by atoms with van der Waals surface area (Å²) in [6, 6.07) is 4.97. The van der Waals surface area contributed by atoms with Crippen molar-refractivity contribution < 1.29 is 8.42 Å². The molecule has 5 heteroatoms. The summed E-state index contributed by atoms with van der Waals surface area (Å²) in [6.45, 7) is 7.52. The van der Waals surface area contributed by atoms with Gasteiger partial charge in [0.1, 0.15) is 0 Å². The third kappa shape index (κ3) is 3.58. The van der Waals surface area contributed by atoms with Gasteiger partial charge >= 0.3 is 0 Å². The molecule has 1 heterocycles. The number of sulfonamides is 1. The third-order valence-corrected chi connectivity index (χ3v) is 6.45. The van der Waals surface area contributed by atoms with Crippen LogP contribution in [0.4, 0.5) is 5.69 Å². The first kappa shape index (κ1) is 16.3. The van der Waals surface area contributed by atoms with Crippen molar-refractivity contribution >= 4 is 15.7 Å². The standard InChI is InChI=1S/C16H26N2O2S/c1-12(2)14-5-4-9-18(10-8-14)21(19,20)15-6-7-16(17)13(3)11-15/h6-7,11-12,14H,4-5,8-10,17H2,1-3H3. The topological polar surface area (TPSA) is 63.4 Å². The van der Waals surface area contributed by atoms with Crippen LogP contribution in [0.25, 0.3) is 0 Å². The van der Waals surface area contributed by atoms with Crippen LogP contribution < -0.4 is 5.73 Å². The number of rotatable bonds is 3. The molecule has 1 aliphatic rings. The Morgan fingerprint density at radius 1 is 1.24 bits per heavy atom. The molecule has 118 valence electrons. The number of nitrogen functional groups attached to an aromatic ring is 1. The van der Waals surface area contributed by atoms with Crippen LogP contribution in [0.2, 0.25) is 0 Å². The molecule has 21 heavy (non-hydrogen) atoms. The second-order valence-corrected chi connectivity index (χ2v) is 8.30. The highest BCUT2D eigenvalue weighted by Gasteiger charge is 2.28. The zero-order valence-corrected chi connectivity index (χ0v) is 14.0. The first-order chi connectivity index (χ1) is 9.82. The van der Waals surface area contributed by atoms with Gasteiger partial charge in [0, 0.05) is 18.8 Å². The molecule has 0 amide bonds. The van der Waals surface area contributed by atoms with Gasteiger partial charge in [-0.15, -0.1) is 0 Å². The molecule has 0 radical (unpaired) electrons. The predicted molar refractivity (Wildman–Crippen MR) is 86.5 cm³/mol. The van der Waals surface area contributed by atoms with Gasteiger partial charge in [-0.2, -0.15) is 4.31 Å². The van der Waals surface area contributed by atoms with E-state index in [1.807, 2.05) is 6.92 Å². The Kier molecular flexibility index (Phi) is 4.94. The second-order valence-electron chi connectivity index (χ2n) is 6.36. The molecule has 1 aromatic carbocycles. The highest BCUT2D eigenvalue weighted by molar-refractivity contribution is 7.89. The molecule has 1 aromatic rings. The Morgan fingerprint density at radius 3 is 2.57 bits per heavy atom. The number of aryl methyl sites for hydroxylation is 1. The molecule has 4 nitrogen and oxygen atoms in total. The Morgan fingerprint density at radius 2 is 1.95 bits per heavy atom. The van der Waals surface area contributed by atoms with Gasteiger partial charge in [-0.25, -0.2) is 8.42 Å². The van der Waals surface area contributed by atoms with E-state index in [2.05, 4.69) is 13.8 Å². The summed E-state index contributed by atoms with van der Waals surface area (Å²) in [5.74, 6) is 1.24. The van der Waals surface area contributed by atoms with Gasteiger partial charge in [0.25, 0.3) is 0 Å². The van der Waals surface area contributed by atoms with Crippen molar-refractivity contribution in [2.75, 3.05) is 18.8 Å². The van der Waals surface area contributed by atoms with Gasteiger partial charge in [0.05, 0.1) is 4.90 Å². The molecule has 1 fully saturated rings. The van der Waals surface area contributed by atoms with Crippen molar-refractivity contribution in [3.63, 3.8) is 0 Å². The summed E-state index contributed by atoms with van der Waals surface area (Å²) in [4.78, 5) is 0.359. The van der Waals surface area contributed by atoms with E-state index in [-0.39, 0.29) is 0 Å². The van der Waals surface area contributed by atoms with Gasteiger partial charge in [-0.05, 0) is 61.8 Å². The average Bonchev–Trinajstić information content (AvgIpc) is 2.68. The molecule has 0 aliphatic carbocycles. The van der Waals surface area contributed by atoms with Crippen molar-refractivity contribution in [1.82, 2.24) is 4.31 Å². The Labute approximate surface area is 128 Å². The summed E-state index contributed by atoms with van der Waals surface area (Å²) in [5, 5.41) is 0. The van der Waals surface area contributed by atoms with Crippen molar-refractivity contribution in [3.05, 3.63) is 23.8 Å². The fourth-order valence-electron chi connectivity index (χ4n) is 2.96. The largest absolute Gasteiger partial charge is 0.399 e. The molecule has 0 spiro atoms. The van der Waals surface area contributed by atoms with Crippen LogP contribution in [0.5, 0.6) is 0 Å². The maximum atomic E-state index is 12.8. The van der Waals surface area contributed by atoms with E-state index in [0.29, 0.717) is 35.5 Å². The fraction of sp³-hybridized carbons (Fsp3) is 0.625. The molecule has 2 N–H and O–H groups in total. The zero-order chi connectivity index (χ0) is 15.6. The summed E-state index contributed by atoms with van der Waals surface area (Å²) < 4.78 is 27.2. The summed E-state index contributed by atoms with van der Waals surface area (Å²) in [7, 11) is -3.40. The number of anilines is 1. The highest BCUT2D eigenvalue weighted by atomic mass is 32.2. The van der Waals surface area contributed by atoms with Crippen molar-refractivity contribution in [2.45, 2.75) is 44.9 Å². The van der Waals surface area contributed by atoms with Crippen molar-refractivity contribution in [3.8, 4) is 0 Å². The number of nitrogens with zero attached hydrogens (tertiary/aromatic N) is 1. The predicted octanol–water partition coefficient (Wildman–Crippen LogP) is 3.02. The van der Waals surface area contributed by atoms with Gasteiger partial charge < -0.3 is 5.73 Å². The minimum Gasteiger partial charge on any atom is -0.399 e. The van der Waals surface area contributed by atoms with E-state index >= 15 is 0 Å². The lowest BCUT2D eigenvalue weighted by molar-refractivity contribution is 0.341. The van der Waals surface area contributed by atoms with Gasteiger partial charge in [0.15, 0.2) is 0 Å². The average molecular weight is 310 g/mol. The highest BCUT2D eigenvalue weighted by Crippen LogP contribution is 2.28. The van der Waals surface area contributed by atoms with Crippen LogP contribution >= 0.6 is 0 Å². The molecular weight excluding hydrogens is 284 g/mol. The second kappa shape index (κ2) is 6.36. The van der Waals surface area contributed by atoms with Crippen LogP contribution in [0.3, 0.4) is 0 Å². The molecule has 0 aromatic heterocycles. The summed E-state index contributed by atoms with van der Waals surface area (Å²) in [5.41, 5.74) is 7.22. The number of hydrogen-bond acceptors (Lipinski definition) is 3. The molecule has 1 atom stereocenters. The SMILES string of the molecule is Cc1cc(S(=O)(=O)N2CCCC(C(C)C)CC2)ccc1N. The molecular formula is C16H26N2O2S. The van der Waals surface area contributed by atoms with E-state index in [0.717, 1.165) is 24.8 Å². The fourth-order valence-corrected chi connectivity index (χ4v) is 4.54. The number of benzene rings is 1. The van der Waals surface area contributed by atoms with Crippen LogP contribution in [-0.2, 0) is 10.0 Å². The van der Waals surface area contributed by atoms with Gasteiger partial charge in [-0.1, -0.05) is 13.8 Å². The minimum atomic E-state index is -3.40. The normalized spacial score (nSPS) is 21.4. The van der Waals surface area contributed by atoms with Crippen LogP contribution in [0, 0.1) is 18.8 Å². The lowest BCUT2D eigenvalue weighted by Gasteiger charge is -2.21. The molecule has 1 unspecified atom stereocenters. The Bertz CT molecular complexity index is 596. The maximum absolute atomic E-state index is 12.8. The van der Waals surface area contributed by atoms with Crippen molar-refractivity contribution in [2.24, 2.45) is 11.8 Å². The van der Waals surface area contributed by atoms with E-state index in [4.69, 9.17) is 5.73 Å². The molecule has 0 bridgehead atoms. The molecule has 1 saturated heterocycles. The van der Waals surface area contributed by atoms with Crippen LogP contribution in [0.1, 0.15) is 38.7 Å². The lowest BCUT2D eigenvalue weighted by atomic mass is 9.89. The minimum absolute atomic E-state index is 0.359. The van der Waals surface area contributed by atoms with Crippen LogP contribution in [-0.4, -0.2) is 25.8 Å². The van der Waals surface area contributed by atoms with Crippen molar-refractivity contribution in [1.29, 1.82) is 0 Å².